The first-order valence-electron chi connectivity index (χ1n) is 9.19. The fourth-order valence-electron chi connectivity index (χ4n) is 3.58. The number of morpholine rings is 1. The van der Waals surface area contributed by atoms with Crippen LogP contribution in [0.25, 0.3) is 16.8 Å². The van der Waals surface area contributed by atoms with E-state index in [9.17, 15) is 4.79 Å². The summed E-state index contributed by atoms with van der Waals surface area (Å²) in [5.41, 5.74) is 4.54. The molecule has 6 nitrogen and oxygen atoms in total. The number of rotatable bonds is 5. The Morgan fingerprint density at radius 2 is 1.96 bits per heavy atom. The van der Waals surface area contributed by atoms with E-state index in [1.165, 1.54) is 0 Å². The van der Waals surface area contributed by atoms with Crippen molar-refractivity contribution in [2.75, 3.05) is 32.8 Å². The molecule has 136 valence electrons. The molecule has 0 radical (unpaired) electrons. The van der Waals surface area contributed by atoms with Gasteiger partial charge in [-0.25, -0.2) is 9.50 Å². The first kappa shape index (κ1) is 17.0. The standard InChI is InChI=1S/C20H24N4O2/c1-15-19(16-6-3-2-4-7-16)20-21-17(14-18(25)24(20)22-15)8-5-9-23-10-12-26-13-11-23/h2-4,6-7,14,22H,5,8-13H2,1H3. The molecule has 1 aromatic carbocycles. The highest BCUT2D eigenvalue weighted by atomic mass is 16.5. The Morgan fingerprint density at radius 3 is 2.73 bits per heavy atom. The smallest absolute Gasteiger partial charge is 0.272 e. The van der Waals surface area contributed by atoms with Gasteiger partial charge in [0.15, 0.2) is 5.65 Å². The number of nitrogens with one attached hydrogen (secondary N) is 1. The van der Waals surface area contributed by atoms with E-state index in [1.54, 1.807) is 10.6 Å². The van der Waals surface area contributed by atoms with Crippen LogP contribution in [-0.2, 0) is 11.2 Å². The second kappa shape index (κ2) is 7.43. The maximum Gasteiger partial charge on any atom is 0.272 e. The Labute approximate surface area is 152 Å². The number of aromatic nitrogens is 3. The van der Waals surface area contributed by atoms with E-state index in [-0.39, 0.29) is 5.56 Å². The lowest BCUT2D eigenvalue weighted by molar-refractivity contribution is 0.0374. The van der Waals surface area contributed by atoms with Gasteiger partial charge in [-0.3, -0.25) is 14.8 Å². The van der Waals surface area contributed by atoms with Crippen molar-refractivity contribution in [3.05, 3.63) is 58.1 Å². The van der Waals surface area contributed by atoms with Crippen molar-refractivity contribution in [3.8, 4) is 11.1 Å². The first-order chi connectivity index (χ1) is 12.7. The molecule has 3 heterocycles. The van der Waals surface area contributed by atoms with Crippen LogP contribution in [0.3, 0.4) is 0 Å². The molecular weight excluding hydrogens is 328 g/mol. The average Bonchev–Trinajstić information content (AvgIpc) is 3.00. The zero-order chi connectivity index (χ0) is 17.9. The second-order valence-electron chi connectivity index (χ2n) is 6.78. The van der Waals surface area contributed by atoms with Crippen LogP contribution in [0.2, 0.25) is 0 Å². The maximum atomic E-state index is 12.5. The van der Waals surface area contributed by atoms with Crippen LogP contribution in [0.4, 0.5) is 0 Å². The molecule has 0 unspecified atom stereocenters. The Bertz CT molecular complexity index is 940. The van der Waals surface area contributed by atoms with Crippen molar-refractivity contribution in [1.82, 2.24) is 19.5 Å². The number of ether oxygens (including phenoxy) is 1. The largest absolute Gasteiger partial charge is 0.379 e. The van der Waals surface area contributed by atoms with Crippen LogP contribution in [0.5, 0.6) is 0 Å². The van der Waals surface area contributed by atoms with E-state index in [0.29, 0.717) is 5.65 Å². The number of nitrogens with zero attached hydrogens (tertiary/aromatic N) is 3. The van der Waals surface area contributed by atoms with E-state index < -0.39 is 0 Å². The summed E-state index contributed by atoms with van der Waals surface area (Å²) in [4.78, 5) is 19.7. The lowest BCUT2D eigenvalue weighted by atomic mass is 10.1. The summed E-state index contributed by atoms with van der Waals surface area (Å²) in [6.07, 6.45) is 1.80. The van der Waals surface area contributed by atoms with Crippen LogP contribution < -0.4 is 5.56 Å². The molecule has 1 N–H and O–H groups in total. The van der Waals surface area contributed by atoms with Crippen LogP contribution in [0, 0.1) is 6.92 Å². The van der Waals surface area contributed by atoms with Gasteiger partial charge in [0.05, 0.1) is 13.2 Å². The van der Waals surface area contributed by atoms with Gasteiger partial charge < -0.3 is 4.74 Å². The lowest BCUT2D eigenvalue weighted by Crippen LogP contribution is -2.37. The zero-order valence-electron chi connectivity index (χ0n) is 15.1. The van der Waals surface area contributed by atoms with Gasteiger partial charge in [0.25, 0.3) is 5.56 Å². The van der Waals surface area contributed by atoms with E-state index in [2.05, 4.69) is 10.00 Å². The highest BCUT2D eigenvalue weighted by Crippen LogP contribution is 2.26. The molecule has 6 heteroatoms. The average molecular weight is 352 g/mol. The molecular formula is C20H24N4O2. The number of hydrogen-bond donors (Lipinski definition) is 1. The summed E-state index contributed by atoms with van der Waals surface area (Å²) in [7, 11) is 0. The summed E-state index contributed by atoms with van der Waals surface area (Å²) in [5, 5.41) is 3.15. The second-order valence-corrected chi connectivity index (χ2v) is 6.78. The van der Waals surface area contributed by atoms with E-state index in [4.69, 9.17) is 9.72 Å². The van der Waals surface area contributed by atoms with Crippen molar-refractivity contribution < 1.29 is 4.74 Å². The van der Waals surface area contributed by atoms with Crippen LogP contribution in [-0.4, -0.2) is 52.3 Å². The van der Waals surface area contributed by atoms with Gasteiger partial charge in [-0.2, -0.15) is 0 Å². The summed E-state index contributed by atoms with van der Waals surface area (Å²) in [5.74, 6) is 0. The van der Waals surface area contributed by atoms with Gasteiger partial charge in [0.1, 0.15) is 0 Å². The Kier molecular flexibility index (Phi) is 4.86. The summed E-state index contributed by atoms with van der Waals surface area (Å²) >= 11 is 0. The van der Waals surface area contributed by atoms with Crippen LogP contribution in [0.15, 0.2) is 41.2 Å². The predicted molar refractivity (Wildman–Crippen MR) is 102 cm³/mol. The normalized spacial score (nSPS) is 15.6. The number of benzene rings is 1. The minimum Gasteiger partial charge on any atom is -0.379 e. The van der Waals surface area contributed by atoms with Crippen molar-refractivity contribution in [3.63, 3.8) is 0 Å². The molecule has 0 spiro atoms. The van der Waals surface area contributed by atoms with Gasteiger partial charge in [0, 0.05) is 36.1 Å². The van der Waals surface area contributed by atoms with Crippen molar-refractivity contribution in [2.45, 2.75) is 19.8 Å². The third-order valence-electron chi connectivity index (χ3n) is 4.92. The molecule has 26 heavy (non-hydrogen) atoms. The zero-order valence-corrected chi connectivity index (χ0v) is 15.1. The van der Waals surface area contributed by atoms with E-state index in [1.807, 2.05) is 37.3 Å². The Morgan fingerprint density at radius 1 is 1.19 bits per heavy atom. The van der Waals surface area contributed by atoms with Gasteiger partial charge in [0.2, 0.25) is 0 Å². The fourth-order valence-corrected chi connectivity index (χ4v) is 3.58. The van der Waals surface area contributed by atoms with Crippen molar-refractivity contribution in [1.29, 1.82) is 0 Å². The molecule has 4 rings (SSSR count). The molecule has 2 aromatic heterocycles. The number of aromatic amines is 1. The van der Waals surface area contributed by atoms with Crippen molar-refractivity contribution in [2.24, 2.45) is 0 Å². The third-order valence-corrected chi connectivity index (χ3v) is 4.92. The maximum absolute atomic E-state index is 12.5. The Balaban J connectivity index is 1.59. The number of hydrogen-bond acceptors (Lipinski definition) is 4. The molecule has 0 aliphatic carbocycles. The minimum absolute atomic E-state index is 0.0540. The quantitative estimate of drug-likeness (QED) is 0.765. The fraction of sp³-hybridized carbons (Fsp3) is 0.400. The molecule has 1 aliphatic heterocycles. The molecule has 0 amide bonds. The van der Waals surface area contributed by atoms with E-state index in [0.717, 1.165) is 68.2 Å². The molecule has 0 atom stereocenters. The highest BCUT2D eigenvalue weighted by Gasteiger charge is 2.15. The number of fused-ring (bicyclic) bond motifs is 1. The molecule has 3 aromatic rings. The molecule has 0 bridgehead atoms. The lowest BCUT2D eigenvalue weighted by Gasteiger charge is -2.26. The monoisotopic (exact) mass is 352 g/mol. The molecule has 1 fully saturated rings. The van der Waals surface area contributed by atoms with Crippen LogP contribution >= 0.6 is 0 Å². The SMILES string of the molecule is Cc1[nH]n2c(=O)cc(CCCN3CCOCC3)nc2c1-c1ccccc1. The molecule has 0 saturated carbocycles. The topological polar surface area (TPSA) is 62.6 Å². The minimum atomic E-state index is -0.0540. The third kappa shape index (κ3) is 3.43. The van der Waals surface area contributed by atoms with E-state index >= 15 is 0 Å². The Hall–Kier alpha value is -2.44. The molecule has 1 aliphatic rings. The van der Waals surface area contributed by atoms with Crippen molar-refractivity contribution >= 4 is 5.65 Å². The van der Waals surface area contributed by atoms with Crippen LogP contribution in [0.1, 0.15) is 17.8 Å². The predicted octanol–water partition coefficient (Wildman–Crippen LogP) is 2.26. The highest BCUT2D eigenvalue weighted by molar-refractivity contribution is 5.79. The van der Waals surface area contributed by atoms with Gasteiger partial charge in [-0.05, 0) is 31.9 Å². The molecule has 1 saturated heterocycles. The number of aryl methyl sites for hydroxylation is 2. The summed E-state index contributed by atoms with van der Waals surface area (Å²) in [6, 6.07) is 11.7. The summed E-state index contributed by atoms with van der Waals surface area (Å²) in [6.45, 7) is 6.61. The van der Waals surface area contributed by atoms with Gasteiger partial charge in [-0.1, -0.05) is 30.3 Å². The van der Waals surface area contributed by atoms with Gasteiger partial charge in [-0.15, -0.1) is 0 Å². The first-order valence-corrected chi connectivity index (χ1v) is 9.19. The number of H-pyrrole nitrogens is 1. The summed E-state index contributed by atoms with van der Waals surface area (Å²) < 4.78 is 6.93. The van der Waals surface area contributed by atoms with Gasteiger partial charge >= 0.3 is 0 Å².